The molecule has 0 saturated carbocycles. The molecule has 1 N–H and O–H groups in total. The van der Waals surface area contributed by atoms with Crippen molar-refractivity contribution in [1.82, 2.24) is 0 Å². The summed E-state index contributed by atoms with van der Waals surface area (Å²) in [6.45, 7) is 3.45. The van der Waals surface area contributed by atoms with Crippen molar-refractivity contribution in [3.05, 3.63) is 28.8 Å². The Kier molecular flexibility index (Phi) is 5.08. The highest BCUT2D eigenvalue weighted by Gasteiger charge is 2.08. The number of hydrogen-bond acceptors (Lipinski definition) is 3. The van der Waals surface area contributed by atoms with Crippen LogP contribution in [0.1, 0.15) is 17.3 Å². The van der Waals surface area contributed by atoms with Gasteiger partial charge in [0, 0.05) is 6.61 Å². The maximum absolute atomic E-state index is 10.7. The third kappa shape index (κ3) is 3.72. The number of benzene rings is 1. The lowest BCUT2D eigenvalue weighted by atomic mass is 10.2. The summed E-state index contributed by atoms with van der Waals surface area (Å²) in [5.74, 6) is -0.513. The van der Waals surface area contributed by atoms with Crippen molar-refractivity contribution in [3.63, 3.8) is 0 Å². The molecule has 0 radical (unpaired) electrons. The molecule has 5 heteroatoms. The lowest BCUT2D eigenvalue weighted by Gasteiger charge is -2.07. The summed E-state index contributed by atoms with van der Waals surface area (Å²) in [7, 11) is 0. The summed E-state index contributed by atoms with van der Waals surface area (Å²) in [4.78, 5) is 10.7. The Bertz CT molecular complexity index is 365. The molecule has 1 rings (SSSR count). The number of carboxylic acid groups (broad SMARTS) is 1. The minimum atomic E-state index is -1.05. The number of carboxylic acids is 1. The largest absolute Gasteiger partial charge is 0.491 e. The summed E-state index contributed by atoms with van der Waals surface area (Å²) >= 11 is 5.77. The minimum Gasteiger partial charge on any atom is -0.491 e. The van der Waals surface area contributed by atoms with E-state index in [1.54, 1.807) is 6.07 Å². The maximum atomic E-state index is 10.7. The molecule has 0 unspecified atom stereocenters. The molecule has 0 heterocycles. The van der Waals surface area contributed by atoms with Gasteiger partial charge in [0.25, 0.3) is 0 Å². The van der Waals surface area contributed by atoms with E-state index >= 15 is 0 Å². The summed E-state index contributed by atoms with van der Waals surface area (Å²) in [6.07, 6.45) is 0. The van der Waals surface area contributed by atoms with Crippen molar-refractivity contribution in [2.75, 3.05) is 19.8 Å². The van der Waals surface area contributed by atoms with Gasteiger partial charge in [0.2, 0.25) is 0 Å². The van der Waals surface area contributed by atoms with Crippen molar-refractivity contribution in [2.45, 2.75) is 6.92 Å². The Morgan fingerprint density at radius 3 is 2.75 bits per heavy atom. The average molecular weight is 245 g/mol. The van der Waals surface area contributed by atoms with E-state index in [0.717, 1.165) is 0 Å². The molecule has 16 heavy (non-hydrogen) atoms. The first-order valence-corrected chi connectivity index (χ1v) is 5.26. The first-order valence-electron chi connectivity index (χ1n) is 4.88. The number of halogens is 1. The highest BCUT2D eigenvalue weighted by Crippen LogP contribution is 2.22. The van der Waals surface area contributed by atoms with Gasteiger partial charge >= 0.3 is 5.97 Å². The van der Waals surface area contributed by atoms with Crippen LogP contribution in [0.3, 0.4) is 0 Å². The molecule has 1 aromatic rings. The highest BCUT2D eigenvalue weighted by molar-refractivity contribution is 6.33. The molecule has 0 fully saturated rings. The molecule has 0 saturated heterocycles. The third-order valence-corrected chi connectivity index (χ3v) is 2.18. The van der Waals surface area contributed by atoms with Crippen LogP contribution in [0, 0.1) is 0 Å². The van der Waals surface area contributed by atoms with Gasteiger partial charge in [0.15, 0.2) is 0 Å². The normalized spacial score (nSPS) is 10.1. The Morgan fingerprint density at radius 2 is 2.19 bits per heavy atom. The zero-order valence-electron chi connectivity index (χ0n) is 8.90. The Labute approximate surface area is 98.7 Å². The van der Waals surface area contributed by atoms with Gasteiger partial charge in [-0.05, 0) is 25.1 Å². The van der Waals surface area contributed by atoms with Crippen LogP contribution in [0.15, 0.2) is 18.2 Å². The fourth-order valence-electron chi connectivity index (χ4n) is 1.12. The second-order valence-corrected chi connectivity index (χ2v) is 3.40. The van der Waals surface area contributed by atoms with E-state index in [-0.39, 0.29) is 10.6 Å². The van der Waals surface area contributed by atoms with E-state index in [0.29, 0.717) is 25.6 Å². The molecule has 0 aliphatic rings. The Hall–Kier alpha value is -1.26. The van der Waals surface area contributed by atoms with Crippen molar-refractivity contribution < 1.29 is 19.4 Å². The van der Waals surface area contributed by atoms with E-state index in [1.165, 1.54) is 12.1 Å². The van der Waals surface area contributed by atoms with Crippen molar-refractivity contribution in [2.24, 2.45) is 0 Å². The van der Waals surface area contributed by atoms with Crippen LogP contribution in [-0.4, -0.2) is 30.9 Å². The highest BCUT2D eigenvalue weighted by atomic mass is 35.5. The van der Waals surface area contributed by atoms with Gasteiger partial charge in [0.1, 0.15) is 12.4 Å². The van der Waals surface area contributed by atoms with Gasteiger partial charge in [-0.1, -0.05) is 11.6 Å². The van der Waals surface area contributed by atoms with Gasteiger partial charge in [-0.15, -0.1) is 0 Å². The third-order valence-electron chi connectivity index (χ3n) is 1.87. The molecule has 0 amide bonds. The first-order chi connectivity index (χ1) is 7.65. The lowest BCUT2D eigenvalue weighted by molar-refractivity contribution is 0.0697. The van der Waals surface area contributed by atoms with E-state index in [2.05, 4.69) is 0 Å². The molecule has 88 valence electrons. The lowest BCUT2D eigenvalue weighted by Crippen LogP contribution is -2.06. The Balaban J connectivity index is 2.56. The molecule has 0 atom stereocenters. The second-order valence-electron chi connectivity index (χ2n) is 2.99. The molecule has 0 spiro atoms. The molecule has 0 aliphatic heterocycles. The molecule has 0 aromatic heterocycles. The van der Waals surface area contributed by atoms with Gasteiger partial charge in [-0.3, -0.25) is 0 Å². The van der Waals surface area contributed by atoms with Crippen LogP contribution >= 0.6 is 11.6 Å². The quantitative estimate of drug-likeness (QED) is 0.781. The second kappa shape index (κ2) is 6.35. The smallest absolute Gasteiger partial charge is 0.337 e. The van der Waals surface area contributed by atoms with Gasteiger partial charge < -0.3 is 14.6 Å². The summed E-state index contributed by atoms with van der Waals surface area (Å²) < 4.78 is 10.4. The number of aromatic carboxylic acids is 1. The van der Waals surface area contributed by atoms with Crippen LogP contribution in [0.4, 0.5) is 0 Å². The van der Waals surface area contributed by atoms with Gasteiger partial charge in [-0.2, -0.15) is 0 Å². The number of carbonyl (C=O) groups is 1. The van der Waals surface area contributed by atoms with Crippen LogP contribution in [-0.2, 0) is 4.74 Å². The fourth-order valence-corrected chi connectivity index (χ4v) is 1.37. The Morgan fingerprint density at radius 1 is 1.44 bits per heavy atom. The molecule has 1 aromatic carbocycles. The van der Waals surface area contributed by atoms with Gasteiger partial charge in [0.05, 0.1) is 17.2 Å². The average Bonchev–Trinajstić information content (AvgIpc) is 2.24. The zero-order chi connectivity index (χ0) is 12.0. The number of rotatable bonds is 6. The topological polar surface area (TPSA) is 55.8 Å². The predicted octanol–water partition coefficient (Wildman–Crippen LogP) is 2.45. The van der Waals surface area contributed by atoms with E-state index in [4.69, 9.17) is 26.2 Å². The van der Waals surface area contributed by atoms with Crippen molar-refractivity contribution >= 4 is 17.6 Å². The van der Waals surface area contributed by atoms with Crippen molar-refractivity contribution in [1.29, 1.82) is 0 Å². The predicted molar refractivity (Wildman–Crippen MR) is 60.4 cm³/mol. The SMILES string of the molecule is CCOCCOc1ccc(C(=O)O)c(Cl)c1. The maximum Gasteiger partial charge on any atom is 0.337 e. The summed E-state index contributed by atoms with van der Waals surface area (Å²) in [6, 6.07) is 4.47. The number of ether oxygens (including phenoxy) is 2. The molecule has 0 aliphatic carbocycles. The van der Waals surface area contributed by atoms with Crippen LogP contribution in [0.2, 0.25) is 5.02 Å². The standard InChI is InChI=1S/C11H13ClO4/c1-2-15-5-6-16-8-3-4-9(11(13)14)10(12)7-8/h3-4,7H,2,5-6H2,1H3,(H,13,14). The molecular weight excluding hydrogens is 232 g/mol. The first kappa shape index (κ1) is 12.8. The summed E-state index contributed by atoms with van der Waals surface area (Å²) in [5, 5.41) is 8.93. The fraction of sp³-hybridized carbons (Fsp3) is 0.364. The van der Waals surface area contributed by atoms with Crippen molar-refractivity contribution in [3.8, 4) is 5.75 Å². The molecule has 0 bridgehead atoms. The summed E-state index contributed by atoms with van der Waals surface area (Å²) in [5.41, 5.74) is 0.0684. The zero-order valence-corrected chi connectivity index (χ0v) is 9.66. The van der Waals surface area contributed by atoms with Gasteiger partial charge in [-0.25, -0.2) is 4.79 Å². The number of hydrogen-bond donors (Lipinski definition) is 1. The van der Waals surface area contributed by atoms with E-state index in [1.807, 2.05) is 6.92 Å². The monoisotopic (exact) mass is 244 g/mol. The molecular formula is C11H13ClO4. The minimum absolute atomic E-state index is 0.0684. The van der Waals surface area contributed by atoms with Crippen LogP contribution in [0.5, 0.6) is 5.75 Å². The van der Waals surface area contributed by atoms with Crippen LogP contribution < -0.4 is 4.74 Å². The molecule has 4 nitrogen and oxygen atoms in total. The van der Waals surface area contributed by atoms with E-state index in [9.17, 15) is 4.79 Å². The van der Waals surface area contributed by atoms with Crippen LogP contribution in [0.25, 0.3) is 0 Å². The van der Waals surface area contributed by atoms with E-state index < -0.39 is 5.97 Å².